The molecule has 10 heteroatoms. The fourth-order valence-corrected chi connectivity index (χ4v) is 8.54. The normalized spacial score (nSPS) is 17.0. The summed E-state index contributed by atoms with van der Waals surface area (Å²) in [4.78, 5) is 2.72. The molecule has 0 N–H and O–H groups in total. The van der Waals surface area contributed by atoms with E-state index in [1.807, 2.05) is 55.5 Å². The molecule has 1 heterocycles. The van der Waals surface area contributed by atoms with Crippen LogP contribution in [0.15, 0.2) is 119 Å². The van der Waals surface area contributed by atoms with E-state index in [4.69, 9.17) is 0 Å². The monoisotopic (exact) mass is 653 g/mol. The van der Waals surface area contributed by atoms with E-state index in [0.717, 1.165) is 21.9 Å². The first-order valence-corrected chi connectivity index (χ1v) is 17.5. The van der Waals surface area contributed by atoms with Crippen molar-refractivity contribution in [1.82, 2.24) is 13.5 Å². The van der Waals surface area contributed by atoms with Crippen LogP contribution in [0, 0.1) is 6.92 Å². The molecule has 44 heavy (non-hydrogen) atoms. The van der Waals surface area contributed by atoms with Gasteiger partial charge in [0.1, 0.15) is 0 Å². The third-order valence-corrected chi connectivity index (χ3v) is 11.5. The van der Waals surface area contributed by atoms with E-state index < -0.39 is 20.0 Å². The fourth-order valence-electron chi connectivity index (χ4n) is 5.51. The summed E-state index contributed by atoms with van der Waals surface area (Å²) < 4.78 is 58.6. The third kappa shape index (κ3) is 8.15. The van der Waals surface area contributed by atoms with Gasteiger partial charge in [0.25, 0.3) is 0 Å². The molecule has 1 fully saturated rings. The van der Waals surface area contributed by atoms with Gasteiger partial charge in [-0.1, -0.05) is 84.9 Å². The quantitative estimate of drug-likeness (QED) is 0.235. The van der Waals surface area contributed by atoms with Crippen LogP contribution in [0.1, 0.15) is 24.0 Å². The Morgan fingerprint density at radius 3 is 1.77 bits per heavy atom. The second kappa shape index (κ2) is 14.8. The number of aryl methyl sites for hydroxylation is 1. The molecule has 1 saturated heterocycles. The molecule has 5 rings (SSSR count). The van der Waals surface area contributed by atoms with Crippen LogP contribution in [-0.2, 0) is 26.6 Å². The van der Waals surface area contributed by atoms with Crippen molar-refractivity contribution in [1.29, 1.82) is 0 Å². The van der Waals surface area contributed by atoms with Crippen molar-refractivity contribution >= 4 is 43.2 Å². The highest BCUT2D eigenvalue weighted by Crippen LogP contribution is 2.25. The third-order valence-electron chi connectivity index (χ3n) is 7.83. The summed E-state index contributed by atoms with van der Waals surface area (Å²) in [5, 5.41) is 1.81. The van der Waals surface area contributed by atoms with Gasteiger partial charge in [-0.2, -0.15) is 8.61 Å². The van der Waals surface area contributed by atoms with E-state index in [2.05, 4.69) is 23.6 Å². The molecule has 0 aliphatic carbocycles. The van der Waals surface area contributed by atoms with Crippen LogP contribution in [0.4, 0.5) is 0 Å². The van der Waals surface area contributed by atoms with Gasteiger partial charge in [0.2, 0.25) is 20.0 Å². The number of sulfonamides is 2. The van der Waals surface area contributed by atoms with Crippen molar-refractivity contribution in [2.24, 2.45) is 0 Å². The molecule has 1 aliphatic heterocycles. The van der Waals surface area contributed by atoms with Gasteiger partial charge in [0.05, 0.1) is 9.79 Å². The molecule has 0 aromatic heterocycles. The molecule has 1 aliphatic rings. The van der Waals surface area contributed by atoms with E-state index in [1.165, 1.54) is 8.61 Å². The summed E-state index contributed by atoms with van der Waals surface area (Å²) >= 11 is 0. The van der Waals surface area contributed by atoms with E-state index in [1.54, 1.807) is 36.4 Å². The molecule has 234 valence electrons. The van der Waals surface area contributed by atoms with E-state index >= 15 is 0 Å². The number of rotatable bonds is 6. The first-order chi connectivity index (χ1) is 20.6. The number of benzene rings is 4. The lowest BCUT2D eigenvalue weighted by Crippen LogP contribution is -2.41. The SMILES string of the molecule is C=C1CN(S(=O)(=O)c2ccc(C)cc2)CCCN(Cc2ccccc2)CCCN(S(=O)(=O)c2ccc3ccccc3c2)C1.Cl. The van der Waals surface area contributed by atoms with Crippen molar-refractivity contribution in [2.45, 2.75) is 36.1 Å². The lowest BCUT2D eigenvalue weighted by atomic mass is 10.1. The predicted octanol–water partition coefficient (Wildman–Crippen LogP) is 6.10. The van der Waals surface area contributed by atoms with Crippen LogP contribution in [0.5, 0.6) is 0 Å². The average molecular weight is 654 g/mol. The standard InChI is InChI=1S/C34H39N3O4S2.ClH/c1-28-14-17-33(18-15-28)42(38,39)36-22-8-20-35(27-30-10-4-3-5-11-30)21-9-23-37(26-29(2)25-36)43(40,41)34-19-16-31-12-6-7-13-32(31)24-34;/h3-7,10-19,24H,2,8-9,20-23,25-27H2,1H3;1H. The summed E-state index contributed by atoms with van der Waals surface area (Å²) in [5.41, 5.74) is 2.66. The Morgan fingerprint density at radius 1 is 0.636 bits per heavy atom. The summed E-state index contributed by atoms with van der Waals surface area (Å²) in [6.07, 6.45) is 1.28. The average Bonchev–Trinajstić information content (AvgIpc) is 2.99. The minimum absolute atomic E-state index is 0. The van der Waals surface area contributed by atoms with Gasteiger partial charge in [0, 0.05) is 32.7 Å². The van der Waals surface area contributed by atoms with Crippen molar-refractivity contribution < 1.29 is 16.8 Å². The highest BCUT2D eigenvalue weighted by Gasteiger charge is 2.29. The molecule has 4 aromatic carbocycles. The number of nitrogens with zero attached hydrogens (tertiary/aromatic N) is 3. The Morgan fingerprint density at radius 2 is 1.16 bits per heavy atom. The van der Waals surface area contributed by atoms with Gasteiger partial charge in [-0.05, 0) is 79.0 Å². The van der Waals surface area contributed by atoms with Crippen molar-refractivity contribution in [3.8, 4) is 0 Å². The fraction of sp³-hybridized carbons (Fsp3) is 0.294. The molecule has 0 unspecified atom stereocenters. The molecular formula is C34H40ClN3O4S2. The molecule has 0 saturated carbocycles. The van der Waals surface area contributed by atoms with Crippen molar-refractivity contribution in [3.63, 3.8) is 0 Å². The largest absolute Gasteiger partial charge is 0.299 e. The molecule has 0 radical (unpaired) electrons. The highest BCUT2D eigenvalue weighted by atomic mass is 35.5. The zero-order chi connectivity index (χ0) is 30.5. The maximum Gasteiger partial charge on any atom is 0.243 e. The number of hydrogen-bond donors (Lipinski definition) is 0. The summed E-state index contributed by atoms with van der Waals surface area (Å²) in [6.45, 7) is 8.82. The Balaban J connectivity index is 0.00000442. The number of fused-ring (bicyclic) bond motifs is 1. The van der Waals surface area contributed by atoms with Gasteiger partial charge in [-0.15, -0.1) is 12.4 Å². The zero-order valence-electron chi connectivity index (χ0n) is 25.0. The van der Waals surface area contributed by atoms with Gasteiger partial charge in [-0.25, -0.2) is 16.8 Å². The van der Waals surface area contributed by atoms with Gasteiger partial charge in [0.15, 0.2) is 0 Å². The molecule has 7 nitrogen and oxygen atoms in total. The minimum atomic E-state index is -3.88. The van der Waals surface area contributed by atoms with Gasteiger partial charge >= 0.3 is 0 Å². The summed E-state index contributed by atoms with van der Waals surface area (Å²) in [7, 11) is -7.70. The molecule has 0 spiro atoms. The minimum Gasteiger partial charge on any atom is -0.299 e. The van der Waals surface area contributed by atoms with Crippen LogP contribution in [-0.4, -0.2) is 69.6 Å². The van der Waals surface area contributed by atoms with E-state index in [-0.39, 0.29) is 35.3 Å². The lowest BCUT2D eigenvalue weighted by molar-refractivity contribution is 0.238. The van der Waals surface area contributed by atoms with Crippen molar-refractivity contribution in [3.05, 3.63) is 120 Å². The number of hydrogen-bond acceptors (Lipinski definition) is 5. The Labute approximate surface area is 268 Å². The zero-order valence-corrected chi connectivity index (χ0v) is 27.5. The second-order valence-electron chi connectivity index (χ2n) is 11.2. The van der Waals surface area contributed by atoms with Crippen LogP contribution < -0.4 is 0 Å². The Bertz CT molecular complexity index is 1780. The van der Waals surface area contributed by atoms with Crippen LogP contribution >= 0.6 is 12.4 Å². The molecule has 0 bridgehead atoms. The first-order valence-electron chi connectivity index (χ1n) is 14.6. The first kappa shape index (κ1) is 33.8. The maximum absolute atomic E-state index is 14.0. The topological polar surface area (TPSA) is 78.0 Å². The van der Waals surface area contributed by atoms with Crippen molar-refractivity contribution in [2.75, 3.05) is 39.3 Å². The van der Waals surface area contributed by atoms with Gasteiger partial charge < -0.3 is 0 Å². The maximum atomic E-state index is 14.0. The smallest absolute Gasteiger partial charge is 0.243 e. The summed E-state index contributed by atoms with van der Waals surface area (Å²) in [5.74, 6) is 0. The molecule has 0 atom stereocenters. The van der Waals surface area contributed by atoms with Crippen LogP contribution in [0.2, 0.25) is 0 Å². The van der Waals surface area contributed by atoms with E-state index in [9.17, 15) is 16.8 Å². The predicted molar refractivity (Wildman–Crippen MR) is 180 cm³/mol. The van der Waals surface area contributed by atoms with Gasteiger partial charge in [-0.3, -0.25) is 4.90 Å². The van der Waals surface area contributed by atoms with E-state index in [0.29, 0.717) is 51.1 Å². The molecular weight excluding hydrogens is 614 g/mol. The number of halogens is 1. The molecule has 0 amide bonds. The Kier molecular flexibility index (Phi) is 11.4. The second-order valence-corrected chi connectivity index (χ2v) is 15.1. The lowest BCUT2D eigenvalue weighted by Gasteiger charge is -2.30. The summed E-state index contributed by atoms with van der Waals surface area (Å²) in [6, 6.07) is 29.8. The van der Waals surface area contributed by atoms with Crippen LogP contribution in [0.25, 0.3) is 10.8 Å². The Hall–Kier alpha value is -3.05. The van der Waals surface area contributed by atoms with Crippen LogP contribution in [0.3, 0.4) is 0 Å². The highest BCUT2D eigenvalue weighted by molar-refractivity contribution is 7.89. The molecule has 4 aromatic rings.